The number of aliphatic hydroxyl groups excluding tert-OH is 5. The van der Waals surface area contributed by atoms with Crippen LogP contribution in [0.4, 0.5) is 0 Å². The van der Waals surface area contributed by atoms with E-state index in [4.69, 9.17) is 66.3 Å². The van der Waals surface area contributed by atoms with E-state index in [2.05, 4.69) is 20.8 Å². The van der Waals surface area contributed by atoms with Gasteiger partial charge in [0.1, 0.15) is 48.8 Å². The third kappa shape index (κ3) is 11.9. The molecule has 30 atom stereocenters. The lowest BCUT2D eigenvalue weighted by atomic mass is 9.44. The van der Waals surface area contributed by atoms with E-state index in [1.54, 1.807) is 28.1 Å². The fraction of sp³-hybridized carbons (Fsp3) is 0.964. The van der Waals surface area contributed by atoms with Gasteiger partial charge in [0.15, 0.2) is 43.3 Å². The van der Waals surface area contributed by atoms with Crippen LogP contribution in [0.3, 0.4) is 0 Å². The van der Waals surface area contributed by atoms with Gasteiger partial charge in [-0.15, -0.1) is 0 Å². The predicted octanol–water partition coefficient (Wildman–Crippen LogP) is 3.45. The summed E-state index contributed by atoms with van der Waals surface area (Å²) in [7, 11) is 4.80. The van der Waals surface area contributed by atoms with Gasteiger partial charge in [0.2, 0.25) is 0 Å². The van der Waals surface area contributed by atoms with Gasteiger partial charge < -0.3 is 91.8 Å². The molecule has 9 aliphatic rings. The first kappa shape index (κ1) is 60.0. The number of methoxy groups -OCH3 is 3. The van der Waals surface area contributed by atoms with Crippen molar-refractivity contribution in [3.05, 3.63) is 0 Å². The molecule has 5 N–H and O–H groups in total. The number of carbonyl (C=O) groups excluding carboxylic acids is 2. The van der Waals surface area contributed by atoms with E-state index in [1.807, 2.05) is 13.8 Å². The molecular formula is C56H92O21. The zero-order chi connectivity index (χ0) is 55.4. The fourth-order valence-electron chi connectivity index (χ4n) is 16.2. The molecule has 0 spiro atoms. The Labute approximate surface area is 454 Å². The number of hydrogen-bond donors (Lipinski definition) is 5. The minimum atomic E-state index is -1.60. The van der Waals surface area contributed by atoms with Crippen LogP contribution in [-0.2, 0) is 75.9 Å². The molecule has 0 amide bonds. The van der Waals surface area contributed by atoms with Gasteiger partial charge >= 0.3 is 5.97 Å². The first-order valence-corrected chi connectivity index (χ1v) is 28.8. The molecule has 0 radical (unpaired) electrons. The summed E-state index contributed by atoms with van der Waals surface area (Å²) in [6.45, 7) is 15.1. The van der Waals surface area contributed by atoms with E-state index in [9.17, 15) is 35.1 Å². The number of fused-ring (bicyclic) bond motifs is 5. The molecule has 9 fully saturated rings. The van der Waals surface area contributed by atoms with Crippen LogP contribution in [0, 0.1) is 40.4 Å². The van der Waals surface area contributed by atoms with E-state index >= 15 is 0 Å². The van der Waals surface area contributed by atoms with Crippen molar-refractivity contribution < 1.29 is 101 Å². The number of hydrogen-bond acceptors (Lipinski definition) is 21. The molecule has 5 heterocycles. The Hall–Kier alpha value is -1.58. The van der Waals surface area contributed by atoms with Gasteiger partial charge in [0, 0.05) is 65.8 Å². The topological polar surface area (TPSA) is 265 Å². The summed E-state index contributed by atoms with van der Waals surface area (Å²) in [6.07, 6.45) is -8.74. The highest BCUT2D eigenvalue weighted by molar-refractivity contribution is 5.91. The van der Waals surface area contributed by atoms with Gasteiger partial charge in [-0.2, -0.15) is 0 Å². The van der Waals surface area contributed by atoms with Gasteiger partial charge in [0.25, 0.3) is 0 Å². The Morgan fingerprint density at radius 2 is 1.12 bits per heavy atom. The highest BCUT2D eigenvalue weighted by Gasteiger charge is 2.66. The van der Waals surface area contributed by atoms with Crippen LogP contribution < -0.4 is 0 Å². The first-order valence-electron chi connectivity index (χ1n) is 28.8. The van der Waals surface area contributed by atoms with E-state index < -0.39 is 130 Å². The molecular weight excluding hydrogens is 1010 g/mol. The van der Waals surface area contributed by atoms with Crippen LogP contribution >= 0.6 is 0 Å². The van der Waals surface area contributed by atoms with E-state index in [-0.39, 0.29) is 65.6 Å². The Balaban J connectivity index is 0.732. The van der Waals surface area contributed by atoms with Gasteiger partial charge in [-0.05, 0) is 108 Å². The fourth-order valence-corrected chi connectivity index (χ4v) is 16.2. The average molecular weight is 1100 g/mol. The van der Waals surface area contributed by atoms with Crippen molar-refractivity contribution in [1.29, 1.82) is 0 Å². The monoisotopic (exact) mass is 1100 g/mol. The van der Waals surface area contributed by atoms with Crippen LogP contribution in [0.5, 0.6) is 0 Å². The van der Waals surface area contributed by atoms with E-state index in [0.29, 0.717) is 30.6 Å². The second kappa shape index (κ2) is 24.7. The maximum Gasteiger partial charge on any atom is 0.303 e. The molecule has 4 saturated carbocycles. The van der Waals surface area contributed by atoms with Crippen LogP contribution in [0.1, 0.15) is 132 Å². The average Bonchev–Trinajstić information content (AvgIpc) is 3.61. The first-order chi connectivity index (χ1) is 36.7. The Kier molecular flexibility index (Phi) is 19.3. The van der Waals surface area contributed by atoms with Gasteiger partial charge in [-0.25, -0.2) is 0 Å². The Morgan fingerprint density at radius 1 is 0.610 bits per heavy atom. The molecule has 0 bridgehead atoms. The second-order valence-corrected chi connectivity index (χ2v) is 24.6. The van der Waals surface area contributed by atoms with Gasteiger partial charge in [-0.3, -0.25) is 9.59 Å². The van der Waals surface area contributed by atoms with E-state index in [0.717, 1.165) is 51.4 Å². The van der Waals surface area contributed by atoms with Crippen molar-refractivity contribution in [1.82, 2.24) is 0 Å². The number of aliphatic hydroxyl groups is 5. The number of ketones is 1. The minimum absolute atomic E-state index is 0.0412. The smallest absolute Gasteiger partial charge is 0.303 e. The number of esters is 1. The lowest BCUT2D eigenvalue weighted by molar-refractivity contribution is -0.358. The standard InChI is InChI=1S/C56H92O21/c1-12-33-53(71-29(6)58)46(61)44-32-14-13-30-19-31(15-17-55(30,7)34(32)16-18-56(33,44)8)72-41-21-36(64-9)51(26(3)68-41)76-43-22-37(65-10)50(27(4)69-43)75-40-20-35(59)49(25(2)67-40)74-42-23-38(66-11)52(28(5)70-42)77-54-48(63)47(62)45(60)39(24-57)73-54/h25-28,30-45,47-54,57,59-60,62-63H,12-24H2,1-11H3/t25-,26-,27-,28-,30+,31+,32-,33-,34+,35-,36+,37+,38-,39-,40+,41+,42+,43+,44+,45-,47+,48-,49-,50-,51-,52-,53+,54+,55+,56-/m1/s1. The van der Waals surface area contributed by atoms with Crippen molar-refractivity contribution in [2.75, 3.05) is 27.9 Å². The number of ether oxygens (including phenoxy) is 14. The Morgan fingerprint density at radius 3 is 1.64 bits per heavy atom. The predicted molar refractivity (Wildman–Crippen MR) is 269 cm³/mol. The van der Waals surface area contributed by atoms with Crippen molar-refractivity contribution in [3.8, 4) is 0 Å². The van der Waals surface area contributed by atoms with Crippen LogP contribution in [0.2, 0.25) is 0 Å². The Bertz CT molecular complexity index is 1950. The zero-order valence-electron chi connectivity index (χ0n) is 47.1. The van der Waals surface area contributed by atoms with Crippen molar-refractivity contribution in [2.24, 2.45) is 40.4 Å². The molecule has 77 heavy (non-hydrogen) atoms. The maximum absolute atomic E-state index is 14.1. The van der Waals surface area contributed by atoms with Gasteiger partial charge in [-0.1, -0.05) is 20.8 Å². The highest BCUT2D eigenvalue weighted by Crippen LogP contribution is 2.67. The van der Waals surface area contributed by atoms with Crippen molar-refractivity contribution >= 4 is 11.8 Å². The molecule has 21 heteroatoms. The highest BCUT2D eigenvalue weighted by atomic mass is 16.8. The molecule has 0 aromatic carbocycles. The lowest BCUT2D eigenvalue weighted by Crippen LogP contribution is -2.62. The third-order valence-electron chi connectivity index (χ3n) is 20.2. The normalized spacial score (nSPS) is 52.3. The summed E-state index contributed by atoms with van der Waals surface area (Å²) >= 11 is 0. The van der Waals surface area contributed by atoms with Crippen molar-refractivity contribution in [2.45, 2.75) is 274 Å². The minimum Gasteiger partial charge on any atom is -0.454 e. The summed E-state index contributed by atoms with van der Waals surface area (Å²) in [5.74, 6) is 1.02. The molecule has 21 nitrogen and oxygen atoms in total. The zero-order valence-corrected chi connectivity index (χ0v) is 47.1. The quantitative estimate of drug-likeness (QED) is 0.109. The van der Waals surface area contributed by atoms with E-state index in [1.165, 1.54) is 14.0 Å². The molecule has 9 rings (SSSR count). The summed E-state index contributed by atoms with van der Waals surface area (Å²) in [6, 6.07) is 0. The molecule has 0 unspecified atom stereocenters. The summed E-state index contributed by atoms with van der Waals surface area (Å²) < 4.78 is 87.1. The number of rotatable bonds is 16. The molecule has 442 valence electrons. The van der Waals surface area contributed by atoms with Crippen LogP contribution in [-0.4, -0.2) is 207 Å². The number of Topliss-reactive ketones (excluding diaryl/α,β-unsaturated/α-hetero) is 1. The largest absolute Gasteiger partial charge is 0.454 e. The summed E-state index contributed by atoms with van der Waals surface area (Å²) in [4.78, 5) is 26.3. The molecule has 5 aliphatic heterocycles. The lowest BCUT2D eigenvalue weighted by Gasteiger charge is -2.60. The van der Waals surface area contributed by atoms with Crippen LogP contribution in [0.25, 0.3) is 0 Å². The third-order valence-corrected chi connectivity index (χ3v) is 20.2. The van der Waals surface area contributed by atoms with Gasteiger partial charge in [0.05, 0.1) is 61.5 Å². The maximum atomic E-state index is 14.1. The molecule has 0 aromatic heterocycles. The summed E-state index contributed by atoms with van der Waals surface area (Å²) in [5.41, 5.74) is -0.0333. The van der Waals surface area contributed by atoms with Crippen LogP contribution in [0.15, 0.2) is 0 Å². The second-order valence-electron chi connectivity index (χ2n) is 24.6. The number of carbonyl (C=O) groups is 2. The SMILES string of the molecule is CC[C@@H]1[C@H](OC(C)=O)C(=O)[C@@H]2[C@@H]3CC[C@H]4C[C@@H](O[C@H]5C[C@H](OC)[C@H](O[C@H]6C[C@H](OC)[C@H](O[C@H]7C[C@@H](O)[C@H](O[C@H]8C[C@@H](OC)[C@H](O[C@@H]9O[C@H](CO)[C@@H](O)[C@H](O)[C@H]9O)[C@@H](C)O8)[C@@H](C)O7)[C@@H](C)O6)[C@@H](C)O5)CC[C@]4(C)[C@H]3CC[C@]12C. The molecule has 5 saturated heterocycles. The molecule has 4 aliphatic carbocycles. The molecule has 0 aromatic rings. The summed E-state index contributed by atoms with van der Waals surface area (Å²) in [5, 5.41) is 52.2. The van der Waals surface area contributed by atoms with Crippen molar-refractivity contribution in [3.63, 3.8) is 0 Å².